The van der Waals surface area contributed by atoms with Gasteiger partial charge in [-0.3, -0.25) is 9.59 Å². The van der Waals surface area contributed by atoms with Crippen LogP contribution in [0.1, 0.15) is 12.8 Å². The predicted octanol–water partition coefficient (Wildman–Crippen LogP) is 0.222. The van der Waals surface area contributed by atoms with Crippen LogP contribution in [0, 0.1) is 23.7 Å². The highest BCUT2D eigenvalue weighted by molar-refractivity contribution is 5.90. The average Bonchev–Trinajstić information content (AvgIpc) is 2.54. The highest BCUT2D eigenvalue weighted by Crippen LogP contribution is 2.47. The van der Waals surface area contributed by atoms with Gasteiger partial charge in [0.1, 0.15) is 0 Å². The predicted molar refractivity (Wildman–Crippen MR) is 47.3 cm³/mol. The fourth-order valence-electron chi connectivity index (χ4n) is 3.06. The summed E-state index contributed by atoms with van der Waals surface area (Å²) >= 11 is 0. The molecule has 0 aromatic heterocycles. The monoisotopic (exact) mass is 228 g/mol. The van der Waals surface area contributed by atoms with Gasteiger partial charge in [0.15, 0.2) is 0 Å². The molecule has 6 heteroatoms. The molecule has 16 heavy (non-hydrogen) atoms. The molecule has 0 aromatic carbocycles. The number of carbonyl (C=O) groups excluding carboxylic acids is 2. The number of cyclic esters (lactones) is 2. The number of rotatable bonds is 0. The average molecular weight is 228 g/mol. The Morgan fingerprint density at radius 3 is 2.62 bits per heavy atom. The van der Waals surface area contributed by atoms with Crippen LogP contribution in [0.15, 0.2) is 0 Å². The molecule has 0 N–H and O–H groups in total. The van der Waals surface area contributed by atoms with Gasteiger partial charge in [0.2, 0.25) is 0 Å². The molecule has 1 saturated carbocycles. The molecule has 6 nitrogen and oxygen atoms in total. The Kier molecular flexibility index (Phi) is 2.42. The molecule has 0 aromatic rings. The van der Waals surface area contributed by atoms with Crippen LogP contribution in [-0.4, -0.2) is 25.2 Å². The molecule has 2 aliphatic heterocycles. The first-order valence-corrected chi connectivity index (χ1v) is 5.41. The van der Waals surface area contributed by atoms with Crippen molar-refractivity contribution in [2.75, 3.05) is 13.2 Å². The Labute approximate surface area is 91.6 Å². The lowest BCUT2D eigenvalue weighted by molar-refractivity contribution is -0.520. The van der Waals surface area contributed by atoms with Crippen LogP contribution in [-0.2, 0) is 29.1 Å². The van der Waals surface area contributed by atoms with Gasteiger partial charge in [-0.15, -0.1) is 0 Å². The van der Waals surface area contributed by atoms with Crippen molar-refractivity contribution in [3.8, 4) is 0 Å². The Hall–Kier alpha value is -0.980. The van der Waals surface area contributed by atoms with Crippen molar-refractivity contribution in [1.29, 1.82) is 0 Å². The van der Waals surface area contributed by atoms with E-state index in [-0.39, 0.29) is 23.7 Å². The summed E-state index contributed by atoms with van der Waals surface area (Å²) in [5, 5.41) is 4.49. The highest BCUT2D eigenvalue weighted by Gasteiger charge is 2.52. The third-order valence-corrected chi connectivity index (χ3v) is 3.73. The molecule has 3 rings (SSSR count). The molecule has 4 atom stereocenters. The summed E-state index contributed by atoms with van der Waals surface area (Å²) in [5.41, 5.74) is 0. The van der Waals surface area contributed by atoms with Crippen molar-refractivity contribution in [3.63, 3.8) is 0 Å². The number of carbonyl (C=O) groups is 2. The number of esters is 2. The van der Waals surface area contributed by atoms with Crippen LogP contribution in [0.4, 0.5) is 0 Å². The summed E-state index contributed by atoms with van der Waals surface area (Å²) in [4.78, 5) is 32.6. The molecular formula is C10H12O6. The van der Waals surface area contributed by atoms with Crippen molar-refractivity contribution in [2.24, 2.45) is 23.7 Å². The standard InChI is InChI=1S/C10H12O6/c11-8-2-7-5-1-6(4-14-16-13-3-5)9(7)10(12)15-8/h5-7,9H,1-4H2. The Bertz CT molecular complexity index is 327. The summed E-state index contributed by atoms with van der Waals surface area (Å²) in [6, 6.07) is 0. The molecular weight excluding hydrogens is 216 g/mol. The lowest BCUT2D eigenvalue weighted by atomic mass is 9.83. The van der Waals surface area contributed by atoms with E-state index in [0.29, 0.717) is 19.6 Å². The smallest absolute Gasteiger partial charge is 0.317 e. The lowest BCUT2D eigenvalue weighted by Crippen LogP contribution is -2.37. The Balaban J connectivity index is 1.87. The molecule has 2 heterocycles. The summed E-state index contributed by atoms with van der Waals surface area (Å²) < 4.78 is 4.67. The third kappa shape index (κ3) is 1.53. The molecule has 1 aliphatic carbocycles. The van der Waals surface area contributed by atoms with Crippen LogP contribution >= 0.6 is 0 Å². The first-order chi connectivity index (χ1) is 7.75. The van der Waals surface area contributed by atoms with Gasteiger partial charge in [-0.1, -0.05) is 5.04 Å². The second-order valence-electron chi connectivity index (χ2n) is 4.58. The molecule has 4 unspecified atom stereocenters. The second kappa shape index (κ2) is 3.80. The van der Waals surface area contributed by atoms with E-state index in [0.717, 1.165) is 6.42 Å². The number of hydrogen-bond donors (Lipinski definition) is 0. The van der Waals surface area contributed by atoms with E-state index in [1.807, 2.05) is 0 Å². The maximum atomic E-state index is 11.7. The number of hydrogen-bond acceptors (Lipinski definition) is 6. The fourth-order valence-corrected chi connectivity index (χ4v) is 3.06. The normalized spacial score (nSPS) is 43.2. The van der Waals surface area contributed by atoms with Crippen molar-refractivity contribution in [2.45, 2.75) is 12.8 Å². The Morgan fingerprint density at radius 1 is 1.06 bits per heavy atom. The van der Waals surface area contributed by atoms with E-state index in [1.165, 1.54) is 0 Å². The fraction of sp³-hybridized carbons (Fsp3) is 0.800. The van der Waals surface area contributed by atoms with Crippen molar-refractivity contribution in [3.05, 3.63) is 0 Å². The maximum absolute atomic E-state index is 11.7. The van der Waals surface area contributed by atoms with Crippen LogP contribution in [0.3, 0.4) is 0 Å². The van der Waals surface area contributed by atoms with Crippen LogP contribution in [0.2, 0.25) is 0 Å². The number of ether oxygens (including phenoxy) is 1. The molecule has 3 fully saturated rings. The van der Waals surface area contributed by atoms with Gasteiger partial charge in [-0.25, -0.2) is 9.78 Å². The van der Waals surface area contributed by atoms with Gasteiger partial charge in [0.05, 0.1) is 25.6 Å². The van der Waals surface area contributed by atoms with Crippen LogP contribution in [0.25, 0.3) is 0 Å². The van der Waals surface area contributed by atoms with Gasteiger partial charge in [-0.05, 0) is 24.2 Å². The van der Waals surface area contributed by atoms with Crippen molar-refractivity contribution < 1.29 is 29.1 Å². The van der Waals surface area contributed by atoms with E-state index in [1.54, 1.807) is 0 Å². The zero-order chi connectivity index (χ0) is 11.1. The first kappa shape index (κ1) is 10.2. The number of fused-ring (bicyclic) bond motifs is 5. The van der Waals surface area contributed by atoms with Gasteiger partial charge in [0, 0.05) is 0 Å². The molecule has 2 saturated heterocycles. The molecule has 0 amide bonds. The zero-order valence-corrected chi connectivity index (χ0v) is 8.59. The molecule has 2 bridgehead atoms. The van der Waals surface area contributed by atoms with Crippen LogP contribution in [0.5, 0.6) is 0 Å². The highest BCUT2D eigenvalue weighted by atomic mass is 17.5. The molecule has 0 radical (unpaired) electrons. The van der Waals surface area contributed by atoms with Crippen molar-refractivity contribution >= 4 is 11.9 Å². The SMILES string of the molecule is O=C1CC2C3COOOCC(C3)C2C(=O)O1. The summed E-state index contributed by atoms with van der Waals surface area (Å²) in [5.74, 6) is -0.829. The molecule has 88 valence electrons. The van der Waals surface area contributed by atoms with E-state index in [2.05, 4.69) is 9.78 Å². The minimum absolute atomic E-state index is 0.0176. The lowest BCUT2D eigenvalue weighted by Gasteiger charge is -2.26. The molecule has 0 spiro atoms. The zero-order valence-electron chi connectivity index (χ0n) is 8.59. The topological polar surface area (TPSA) is 71.1 Å². The van der Waals surface area contributed by atoms with E-state index >= 15 is 0 Å². The summed E-state index contributed by atoms with van der Waals surface area (Å²) in [6.07, 6.45) is 1.11. The van der Waals surface area contributed by atoms with Gasteiger partial charge in [0.25, 0.3) is 0 Å². The summed E-state index contributed by atoms with van der Waals surface area (Å²) in [6.45, 7) is 0.666. The minimum Gasteiger partial charge on any atom is -0.393 e. The van der Waals surface area contributed by atoms with E-state index < -0.39 is 11.9 Å². The maximum Gasteiger partial charge on any atom is 0.317 e. The third-order valence-electron chi connectivity index (χ3n) is 3.73. The Morgan fingerprint density at radius 2 is 1.81 bits per heavy atom. The summed E-state index contributed by atoms with van der Waals surface area (Å²) in [7, 11) is 0. The van der Waals surface area contributed by atoms with Crippen LogP contribution < -0.4 is 0 Å². The largest absolute Gasteiger partial charge is 0.393 e. The second-order valence-corrected chi connectivity index (χ2v) is 4.58. The van der Waals surface area contributed by atoms with Gasteiger partial charge >= 0.3 is 11.9 Å². The van der Waals surface area contributed by atoms with Crippen molar-refractivity contribution in [1.82, 2.24) is 0 Å². The quantitative estimate of drug-likeness (QED) is 0.335. The van der Waals surface area contributed by atoms with E-state index in [9.17, 15) is 9.59 Å². The minimum atomic E-state index is -0.432. The van der Waals surface area contributed by atoms with Gasteiger partial charge < -0.3 is 4.74 Å². The van der Waals surface area contributed by atoms with E-state index in [4.69, 9.17) is 9.78 Å². The van der Waals surface area contributed by atoms with Gasteiger partial charge in [-0.2, -0.15) is 0 Å². The first-order valence-electron chi connectivity index (χ1n) is 5.41. The molecule has 3 aliphatic rings.